The van der Waals surface area contributed by atoms with Gasteiger partial charge in [-0.3, -0.25) is 20.2 Å². The third-order valence-corrected chi connectivity index (χ3v) is 3.03. The van der Waals surface area contributed by atoms with Gasteiger partial charge in [0.25, 0.3) is 0 Å². The molecule has 0 aliphatic carbocycles. The molecule has 2 radical (unpaired) electrons. The van der Waals surface area contributed by atoms with Gasteiger partial charge in [-0.1, -0.05) is 17.1 Å². The molecule has 5 nitrogen and oxygen atoms in total. The van der Waals surface area contributed by atoms with E-state index in [9.17, 15) is 18.0 Å². The van der Waals surface area contributed by atoms with Gasteiger partial charge in [0.1, 0.15) is 19.1 Å². The van der Waals surface area contributed by atoms with Crippen LogP contribution in [0.1, 0.15) is 12.8 Å². The maximum Gasteiger partial charge on any atom is 0.389 e. The normalized spacial score (nSPS) is 13.1. The third kappa shape index (κ3) is 6.81. The van der Waals surface area contributed by atoms with Crippen LogP contribution in [0.4, 0.5) is 18.9 Å². The smallest absolute Gasteiger partial charge is 0.331 e. The summed E-state index contributed by atoms with van der Waals surface area (Å²) in [5, 5.41) is 7.01. The highest BCUT2D eigenvalue weighted by Gasteiger charge is 2.30. The summed E-state index contributed by atoms with van der Waals surface area (Å²) in [5.41, 5.74) is 0.732. The van der Waals surface area contributed by atoms with Crippen LogP contribution in [0.25, 0.3) is 0 Å². The average molecular weight is 345 g/mol. The number of aromatic nitrogens is 1. The van der Waals surface area contributed by atoms with E-state index in [2.05, 4.69) is 9.98 Å². The highest BCUT2D eigenvalue weighted by molar-refractivity contribution is 6.67. The van der Waals surface area contributed by atoms with E-state index in [4.69, 9.17) is 24.9 Å². The number of carbonyl (C=O) groups excluding carboxylic acids is 1. The number of pyridine rings is 1. The van der Waals surface area contributed by atoms with E-state index >= 15 is 0 Å². The SMILES string of the molecule is [B]c1cncc(N=CC(C(=N)Cl)N(C)C(=O)CCC(F)(F)F)c1. The van der Waals surface area contributed by atoms with Crippen molar-refractivity contribution in [1.82, 2.24) is 9.88 Å². The number of nitrogens with one attached hydrogen (secondary N) is 1. The van der Waals surface area contributed by atoms with Gasteiger partial charge in [-0.2, -0.15) is 13.2 Å². The topological polar surface area (TPSA) is 69.4 Å². The Morgan fingerprint density at radius 1 is 1.57 bits per heavy atom. The van der Waals surface area contributed by atoms with Crippen molar-refractivity contribution in [3.8, 4) is 0 Å². The summed E-state index contributed by atoms with van der Waals surface area (Å²) in [6.45, 7) is 0. The van der Waals surface area contributed by atoms with Gasteiger partial charge in [0.05, 0.1) is 18.3 Å². The molecule has 10 heteroatoms. The third-order valence-electron chi connectivity index (χ3n) is 2.80. The number of carbonyl (C=O) groups is 1. The summed E-state index contributed by atoms with van der Waals surface area (Å²) < 4.78 is 36.5. The van der Waals surface area contributed by atoms with Crippen LogP contribution < -0.4 is 5.46 Å². The molecule has 0 bridgehead atoms. The number of aliphatic imine (C=N–C) groups is 1. The van der Waals surface area contributed by atoms with Gasteiger partial charge in [0, 0.05) is 25.9 Å². The fourth-order valence-electron chi connectivity index (χ4n) is 1.59. The van der Waals surface area contributed by atoms with Crippen molar-refractivity contribution in [2.24, 2.45) is 4.99 Å². The Labute approximate surface area is 137 Å². The Hall–Kier alpha value is -1.90. The number of rotatable bonds is 6. The van der Waals surface area contributed by atoms with E-state index in [1.54, 1.807) is 0 Å². The number of alkyl halides is 3. The summed E-state index contributed by atoms with van der Waals surface area (Å²) in [6, 6.07) is 0.433. The quantitative estimate of drug-likeness (QED) is 0.633. The summed E-state index contributed by atoms with van der Waals surface area (Å²) in [6.07, 6.45) is -2.41. The number of amides is 1. The monoisotopic (exact) mass is 344 g/mol. The molecule has 1 aromatic rings. The summed E-state index contributed by atoms with van der Waals surface area (Å²) in [7, 11) is 6.79. The fourth-order valence-corrected chi connectivity index (χ4v) is 1.79. The lowest BCUT2D eigenvalue weighted by molar-refractivity contribution is -0.148. The molecule has 1 atom stereocenters. The van der Waals surface area contributed by atoms with Gasteiger partial charge in [0.2, 0.25) is 5.91 Å². The predicted octanol–water partition coefficient (Wildman–Crippen LogP) is 1.96. The molecule has 1 N–H and O–H groups in total. The van der Waals surface area contributed by atoms with Crippen LogP contribution in [0.15, 0.2) is 23.5 Å². The summed E-state index contributed by atoms with van der Waals surface area (Å²) >= 11 is 5.61. The van der Waals surface area contributed by atoms with Crippen molar-refractivity contribution >= 4 is 47.9 Å². The largest absolute Gasteiger partial charge is 0.389 e. The maximum absolute atomic E-state index is 12.2. The first-order valence-corrected chi connectivity index (χ1v) is 6.79. The summed E-state index contributed by atoms with van der Waals surface area (Å²) in [4.78, 5) is 20.5. The van der Waals surface area contributed by atoms with Crippen LogP contribution in [-0.2, 0) is 4.79 Å². The van der Waals surface area contributed by atoms with Gasteiger partial charge in [-0.05, 0) is 6.07 Å². The molecular weight excluding hydrogens is 331 g/mol. The van der Waals surface area contributed by atoms with Crippen molar-refractivity contribution in [2.75, 3.05) is 7.05 Å². The van der Waals surface area contributed by atoms with Gasteiger partial charge in [0.15, 0.2) is 0 Å². The van der Waals surface area contributed by atoms with Gasteiger partial charge < -0.3 is 4.90 Å². The van der Waals surface area contributed by atoms with Crippen molar-refractivity contribution in [3.05, 3.63) is 18.5 Å². The standard InChI is InChI=1S/C13H13BClF3N4O/c1-22(11(23)2-3-13(16,17)18)10(12(15)19)7-21-9-4-8(14)5-20-6-9/h4-7,10,19H,2-3H2,1H3. The zero-order valence-electron chi connectivity index (χ0n) is 12.1. The molecule has 0 saturated heterocycles. The molecule has 1 rings (SSSR count). The highest BCUT2D eigenvalue weighted by atomic mass is 35.5. The second kappa shape index (κ2) is 8.10. The molecule has 0 fully saturated rings. The molecule has 0 aliphatic rings. The molecule has 1 aromatic heterocycles. The predicted molar refractivity (Wildman–Crippen MR) is 83.2 cm³/mol. The Morgan fingerprint density at radius 2 is 2.22 bits per heavy atom. The summed E-state index contributed by atoms with van der Waals surface area (Å²) in [5.74, 6) is -0.796. The van der Waals surface area contributed by atoms with Crippen LogP contribution >= 0.6 is 11.6 Å². The van der Waals surface area contributed by atoms with Crippen LogP contribution in [0, 0.1) is 5.41 Å². The highest BCUT2D eigenvalue weighted by Crippen LogP contribution is 2.22. The van der Waals surface area contributed by atoms with E-state index in [0.29, 0.717) is 11.2 Å². The molecule has 1 amide bonds. The minimum Gasteiger partial charge on any atom is -0.331 e. The Balaban J connectivity index is 2.81. The second-order valence-corrected chi connectivity index (χ2v) is 5.07. The molecule has 0 saturated carbocycles. The zero-order valence-corrected chi connectivity index (χ0v) is 12.9. The van der Waals surface area contributed by atoms with Crippen molar-refractivity contribution < 1.29 is 18.0 Å². The maximum atomic E-state index is 12.2. The lowest BCUT2D eigenvalue weighted by atomic mass is 9.99. The number of nitrogens with zero attached hydrogens (tertiary/aromatic N) is 3. The van der Waals surface area contributed by atoms with Crippen LogP contribution in [0.2, 0.25) is 0 Å². The first-order valence-electron chi connectivity index (χ1n) is 6.41. The van der Waals surface area contributed by atoms with E-state index in [-0.39, 0.29) is 0 Å². The van der Waals surface area contributed by atoms with Crippen LogP contribution in [-0.4, -0.2) is 54.3 Å². The van der Waals surface area contributed by atoms with Crippen molar-refractivity contribution in [1.29, 1.82) is 5.41 Å². The van der Waals surface area contributed by atoms with E-state index < -0.39 is 36.1 Å². The van der Waals surface area contributed by atoms with Crippen molar-refractivity contribution in [3.63, 3.8) is 0 Å². The average Bonchev–Trinajstić information content (AvgIpc) is 2.43. The molecule has 0 aliphatic heterocycles. The molecule has 1 heterocycles. The van der Waals surface area contributed by atoms with E-state index in [1.165, 1.54) is 31.7 Å². The minimum atomic E-state index is -4.43. The molecule has 0 spiro atoms. The fraction of sp³-hybridized carbons (Fsp3) is 0.385. The number of hydrogen-bond donors (Lipinski definition) is 1. The van der Waals surface area contributed by atoms with Crippen LogP contribution in [0.3, 0.4) is 0 Å². The lowest BCUT2D eigenvalue weighted by Crippen LogP contribution is -2.42. The van der Waals surface area contributed by atoms with Crippen molar-refractivity contribution in [2.45, 2.75) is 25.1 Å². The molecule has 0 aromatic carbocycles. The first-order chi connectivity index (χ1) is 10.6. The van der Waals surface area contributed by atoms with Gasteiger partial charge >= 0.3 is 6.18 Å². The Bertz CT molecular complexity index is 609. The molecule has 1 unspecified atom stereocenters. The lowest BCUT2D eigenvalue weighted by Gasteiger charge is -2.23. The Kier molecular flexibility index (Phi) is 6.74. The molecular formula is C13H13BClF3N4O. The van der Waals surface area contributed by atoms with E-state index in [0.717, 1.165) is 4.90 Å². The molecule has 122 valence electrons. The number of halogens is 4. The zero-order chi connectivity index (χ0) is 17.6. The minimum absolute atomic E-state index is 0.365. The van der Waals surface area contributed by atoms with E-state index in [1.807, 2.05) is 0 Å². The first kappa shape index (κ1) is 19.2. The van der Waals surface area contributed by atoms with Gasteiger partial charge in [-0.25, -0.2) is 0 Å². The number of hydrogen-bond acceptors (Lipinski definition) is 4. The molecule has 23 heavy (non-hydrogen) atoms. The second-order valence-electron chi connectivity index (χ2n) is 4.67. The Morgan fingerprint density at radius 3 is 2.74 bits per heavy atom. The van der Waals surface area contributed by atoms with Gasteiger partial charge in [-0.15, -0.1) is 0 Å². The van der Waals surface area contributed by atoms with Crippen LogP contribution in [0.5, 0.6) is 0 Å².